The predicted octanol–water partition coefficient (Wildman–Crippen LogP) is 3.60. The van der Waals surface area contributed by atoms with E-state index in [9.17, 15) is 14.0 Å². The van der Waals surface area contributed by atoms with Gasteiger partial charge in [0, 0.05) is 64.2 Å². The highest BCUT2D eigenvalue weighted by molar-refractivity contribution is 6.76. The zero-order chi connectivity index (χ0) is 25.7. The lowest BCUT2D eigenvalue weighted by Gasteiger charge is -2.35. The van der Waals surface area contributed by atoms with E-state index in [1.807, 2.05) is 27.9 Å². The van der Waals surface area contributed by atoms with E-state index in [0.717, 1.165) is 34.9 Å². The lowest BCUT2D eigenvalue weighted by molar-refractivity contribution is 0.0520. The molecular formula is C24H34F2N8OSi. The molecule has 12 heteroatoms. The summed E-state index contributed by atoms with van der Waals surface area (Å²) < 4.78 is 36.0. The number of rotatable bonds is 11. The Morgan fingerprint density at radius 3 is 2.89 bits per heavy atom. The van der Waals surface area contributed by atoms with Crippen LogP contribution in [0.2, 0.25) is 25.7 Å². The van der Waals surface area contributed by atoms with Crippen molar-refractivity contribution in [3.8, 4) is 17.3 Å². The Morgan fingerprint density at radius 2 is 2.14 bits per heavy atom. The second-order valence-corrected chi connectivity index (χ2v) is 16.1. The Bertz CT molecular complexity index is 1180. The van der Waals surface area contributed by atoms with Gasteiger partial charge in [0.1, 0.15) is 18.7 Å². The van der Waals surface area contributed by atoms with Crippen LogP contribution in [-0.4, -0.2) is 82.5 Å². The Labute approximate surface area is 211 Å². The van der Waals surface area contributed by atoms with E-state index in [1.54, 1.807) is 10.9 Å². The van der Waals surface area contributed by atoms with Crippen molar-refractivity contribution in [1.82, 2.24) is 34.5 Å². The first kappa shape index (κ1) is 26.3. The number of nitriles is 1. The first-order valence-electron chi connectivity index (χ1n) is 12.3. The number of hydrogen-bond acceptors (Lipinski definition) is 7. The van der Waals surface area contributed by atoms with Crippen LogP contribution in [0.5, 0.6) is 0 Å². The van der Waals surface area contributed by atoms with Gasteiger partial charge in [-0.3, -0.25) is 9.58 Å². The third-order valence-electron chi connectivity index (χ3n) is 6.42. The van der Waals surface area contributed by atoms with Crippen LogP contribution in [0.25, 0.3) is 22.3 Å². The van der Waals surface area contributed by atoms with Crippen LogP contribution < -0.4 is 5.32 Å². The number of nitrogens with zero attached hydrogens (tertiary/aromatic N) is 7. The van der Waals surface area contributed by atoms with Gasteiger partial charge in [0.15, 0.2) is 0 Å². The standard InChI is InChI=1S/C24H34F2N8OSi/c1-36(2,3)11-10-35-17-33-8-5-20-22(29-16-30-24(20)33)18-12-31-34(13-18)19(4-6-27)14-32-9-7-28-21(15-32)23(25)26/h5,8,12-13,16,19,21,23,28H,4,7,9-11,14-15,17H2,1-3H3. The van der Waals surface area contributed by atoms with E-state index in [1.165, 1.54) is 6.33 Å². The molecule has 2 atom stereocenters. The van der Waals surface area contributed by atoms with E-state index in [0.29, 0.717) is 26.4 Å². The molecule has 36 heavy (non-hydrogen) atoms. The van der Waals surface area contributed by atoms with E-state index in [2.05, 4.69) is 46.1 Å². The maximum Gasteiger partial charge on any atom is 0.254 e. The Hall–Kier alpha value is -2.72. The number of ether oxygens (including phenoxy) is 1. The van der Waals surface area contributed by atoms with Crippen LogP contribution in [-0.2, 0) is 11.5 Å². The predicted molar refractivity (Wildman–Crippen MR) is 136 cm³/mol. The van der Waals surface area contributed by atoms with Crippen LogP contribution in [0.4, 0.5) is 8.78 Å². The van der Waals surface area contributed by atoms with E-state index in [4.69, 9.17) is 4.74 Å². The van der Waals surface area contributed by atoms with Gasteiger partial charge in [-0.2, -0.15) is 10.4 Å². The number of piperazine rings is 1. The monoisotopic (exact) mass is 516 g/mol. The van der Waals surface area contributed by atoms with Gasteiger partial charge in [0.2, 0.25) is 0 Å². The molecule has 0 saturated carbocycles. The summed E-state index contributed by atoms with van der Waals surface area (Å²) in [5.74, 6) is 0. The summed E-state index contributed by atoms with van der Waals surface area (Å²) in [5, 5.41) is 17.7. The van der Waals surface area contributed by atoms with Crippen molar-refractivity contribution in [3.63, 3.8) is 0 Å². The average Bonchev–Trinajstić information content (AvgIpc) is 3.49. The molecule has 0 aliphatic carbocycles. The van der Waals surface area contributed by atoms with Crippen molar-refractivity contribution in [2.75, 3.05) is 32.8 Å². The molecule has 4 heterocycles. The smallest absolute Gasteiger partial charge is 0.254 e. The van der Waals surface area contributed by atoms with Crippen molar-refractivity contribution in [2.45, 2.75) is 57.3 Å². The largest absolute Gasteiger partial charge is 0.361 e. The highest BCUT2D eigenvalue weighted by atomic mass is 28.3. The quantitative estimate of drug-likeness (QED) is 0.307. The number of halogens is 2. The first-order valence-corrected chi connectivity index (χ1v) is 16.0. The number of hydrogen-bond donors (Lipinski definition) is 1. The Morgan fingerprint density at radius 1 is 1.31 bits per heavy atom. The molecule has 0 bridgehead atoms. The number of alkyl halides is 2. The molecule has 0 radical (unpaired) electrons. The third kappa shape index (κ3) is 6.53. The van der Waals surface area contributed by atoms with Crippen molar-refractivity contribution in [3.05, 3.63) is 31.0 Å². The minimum atomic E-state index is -2.42. The first-order chi connectivity index (χ1) is 17.2. The van der Waals surface area contributed by atoms with Crippen molar-refractivity contribution >= 4 is 19.1 Å². The average molecular weight is 517 g/mol. The van der Waals surface area contributed by atoms with Gasteiger partial charge in [0.05, 0.1) is 36.5 Å². The lowest BCUT2D eigenvalue weighted by Crippen LogP contribution is -2.54. The summed E-state index contributed by atoms with van der Waals surface area (Å²) in [5.41, 5.74) is 2.35. The molecule has 0 aromatic carbocycles. The summed E-state index contributed by atoms with van der Waals surface area (Å²) >= 11 is 0. The van der Waals surface area contributed by atoms with Gasteiger partial charge in [-0.15, -0.1) is 0 Å². The lowest BCUT2D eigenvalue weighted by atomic mass is 10.1. The fourth-order valence-corrected chi connectivity index (χ4v) is 5.12. The van der Waals surface area contributed by atoms with Gasteiger partial charge in [0.25, 0.3) is 6.43 Å². The van der Waals surface area contributed by atoms with E-state index in [-0.39, 0.29) is 19.0 Å². The van der Waals surface area contributed by atoms with Gasteiger partial charge >= 0.3 is 0 Å². The van der Waals surface area contributed by atoms with Crippen LogP contribution in [0.3, 0.4) is 0 Å². The summed E-state index contributed by atoms with van der Waals surface area (Å²) in [7, 11) is -1.15. The van der Waals surface area contributed by atoms with Crippen molar-refractivity contribution < 1.29 is 13.5 Å². The summed E-state index contributed by atoms with van der Waals surface area (Å²) in [6, 6.07) is 4.19. The molecule has 0 amide bonds. The normalized spacial score (nSPS) is 18.1. The molecular weight excluding hydrogens is 482 g/mol. The van der Waals surface area contributed by atoms with Crippen molar-refractivity contribution in [2.24, 2.45) is 0 Å². The van der Waals surface area contributed by atoms with Gasteiger partial charge in [-0.25, -0.2) is 18.7 Å². The molecule has 1 aliphatic rings. The van der Waals surface area contributed by atoms with Crippen LogP contribution in [0, 0.1) is 11.3 Å². The Balaban J connectivity index is 1.48. The summed E-state index contributed by atoms with van der Waals surface area (Å²) in [6.45, 7) is 10.0. The van der Waals surface area contributed by atoms with Crippen molar-refractivity contribution in [1.29, 1.82) is 5.26 Å². The SMILES string of the molecule is C[Si](C)(C)CCOCn1ccc2c(-c3cnn(C(CC#N)CN4CCNC(C(F)F)C4)c3)ncnc21. The second-order valence-electron chi connectivity index (χ2n) is 10.5. The second kappa shape index (κ2) is 11.6. The minimum absolute atomic E-state index is 0.231. The minimum Gasteiger partial charge on any atom is -0.361 e. The Kier molecular flexibility index (Phi) is 8.45. The fraction of sp³-hybridized carbons (Fsp3) is 0.583. The zero-order valence-corrected chi connectivity index (χ0v) is 22.1. The maximum atomic E-state index is 13.2. The van der Waals surface area contributed by atoms with Crippen LogP contribution >= 0.6 is 0 Å². The zero-order valence-electron chi connectivity index (χ0n) is 21.1. The number of fused-ring (bicyclic) bond motifs is 1. The molecule has 1 fully saturated rings. The van der Waals surface area contributed by atoms with E-state index >= 15 is 0 Å². The van der Waals surface area contributed by atoms with Crippen LogP contribution in [0.1, 0.15) is 12.5 Å². The third-order valence-corrected chi connectivity index (χ3v) is 8.13. The summed E-state index contributed by atoms with van der Waals surface area (Å²) in [6.07, 6.45) is 4.90. The molecule has 3 aromatic rings. The molecule has 1 saturated heterocycles. The van der Waals surface area contributed by atoms with E-state index < -0.39 is 20.5 Å². The molecule has 4 rings (SSSR count). The summed E-state index contributed by atoms with van der Waals surface area (Å²) in [4.78, 5) is 10.9. The molecule has 1 aliphatic heterocycles. The number of nitrogens with one attached hydrogen (secondary N) is 1. The maximum absolute atomic E-state index is 13.2. The molecule has 3 aromatic heterocycles. The molecule has 9 nitrogen and oxygen atoms in total. The van der Waals surface area contributed by atoms with Gasteiger partial charge < -0.3 is 14.6 Å². The van der Waals surface area contributed by atoms with Gasteiger partial charge in [-0.1, -0.05) is 19.6 Å². The van der Waals surface area contributed by atoms with Crippen LogP contribution in [0.15, 0.2) is 31.0 Å². The van der Waals surface area contributed by atoms with Gasteiger partial charge in [-0.05, 0) is 12.1 Å². The molecule has 0 spiro atoms. The fourth-order valence-electron chi connectivity index (χ4n) is 4.36. The molecule has 194 valence electrons. The molecule has 1 N–H and O–H groups in total. The highest BCUT2D eigenvalue weighted by Gasteiger charge is 2.28. The number of aromatic nitrogens is 5. The topological polar surface area (TPSA) is 96.8 Å². The molecule has 2 unspecified atom stereocenters. The highest BCUT2D eigenvalue weighted by Crippen LogP contribution is 2.27.